The van der Waals surface area contributed by atoms with Crippen molar-refractivity contribution in [2.75, 3.05) is 0 Å². The average molecular weight is 484 g/mol. The molecule has 1 radical (unpaired) electrons. The molecule has 0 unspecified atom stereocenters. The molecule has 0 saturated heterocycles. The van der Waals surface area contributed by atoms with E-state index >= 15 is 0 Å². The Labute approximate surface area is 209 Å². The predicted octanol–water partition coefficient (Wildman–Crippen LogP) is 10.6. The fourth-order valence-electron chi connectivity index (χ4n) is 4.30. The number of unbranched alkanes of at least 4 members (excludes halogenated alkanes) is 4. The van der Waals surface area contributed by atoms with Crippen molar-refractivity contribution in [1.29, 1.82) is 0 Å². The zero-order valence-corrected chi connectivity index (χ0v) is 24.8. The smallest absolute Gasteiger partial charge is 0.652 e. The minimum absolute atomic E-state index is 0. The third-order valence-electron chi connectivity index (χ3n) is 5.78. The predicted molar refractivity (Wildman–Crippen MR) is 141 cm³/mol. The minimum Gasteiger partial charge on any atom is -0.652 e. The minimum atomic E-state index is 0. The molecule has 0 aliphatic rings. The summed E-state index contributed by atoms with van der Waals surface area (Å²) >= 11 is 0. The van der Waals surface area contributed by atoms with Crippen LogP contribution in [-0.2, 0) is 16.8 Å². The zero-order chi connectivity index (χ0) is 23.9. The van der Waals surface area contributed by atoms with E-state index < -0.39 is 0 Å². The van der Waals surface area contributed by atoms with E-state index in [0.717, 1.165) is 0 Å². The fraction of sp³-hybridized carbons (Fsp3) is 1.00. The molecule has 0 aromatic heterocycles. The van der Waals surface area contributed by atoms with E-state index in [1.54, 1.807) is 0 Å². The van der Waals surface area contributed by atoms with Crippen LogP contribution in [0.25, 0.3) is 10.6 Å². The summed E-state index contributed by atoms with van der Waals surface area (Å²) in [5.74, 6) is 0. The summed E-state index contributed by atoms with van der Waals surface area (Å²) in [5.41, 5.74) is 0.640. The largest absolute Gasteiger partial charge is 2.00 e. The Hall–Kier alpha value is 0.426. The Balaban J connectivity index is -0.000000490. The first-order valence-electron chi connectivity index (χ1n) is 13.1. The van der Waals surface area contributed by atoms with Gasteiger partial charge in [-0.2, -0.15) is 0 Å². The summed E-state index contributed by atoms with van der Waals surface area (Å²) < 4.78 is 0. The second-order valence-corrected chi connectivity index (χ2v) is 11.9. The molecular formula is C28H60CoN2. The van der Waals surface area contributed by atoms with Gasteiger partial charge in [-0.1, -0.05) is 160 Å². The van der Waals surface area contributed by atoms with Gasteiger partial charge in [0.25, 0.3) is 0 Å². The summed E-state index contributed by atoms with van der Waals surface area (Å²) in [6.07, 6.45) is 15.1. The maximum absolute atomic E-state index is 5.02. The number of hydrogen-bond acceptors (Lipinski definition) is 0. The molecule has 0 rings (SSSR count). The van der Waals surface area contributed by atoms with Gasteiger partial charge in [-0.15, -0.1) is 22.2 Å². The van der Waals surface area contributed by atoms with Crippen LogP contribution in [0.5, 0.6) is 0 Å². The molecule has 0 amide bonds. The van der Waals surface area contributed by atoms with Crippen molar-refractivity contribution in [3.05, 3.63) is 10.6 Å². The summed E-state index contributed by atoms with van der Waals surface area (Å²) in [6, 6.07) is 0. The standard InChI is InChI=1S/2C14H30N.Co/c2*1-7-9-11-13(3,4)15-14(5,6)12-10-8-2;/h2*7-12H2,1-6H3;/q2*-1;+2. The van der Waals surface area contributed by atoms with E-state index in [1.807, 2.05) is 0 Å². The first-order chi connectivity index (χ1) is 13.7. The van der Waals surface area contributed by atoms with Crippen LogP contribution >= 0.6 is 0 Å². The molecule has 2 nitrogen and oxygen atoms in total. The van der Waals surface area contributed by atoms with Gasteiger partial charge in [-0.05, 0) is 0 Å². The van der Waals surface area contributed by atoms with Crippen LogP contribution in [0.3, 0.4) is 0 Å². The van der Waals surface area contributed by atoms with Crippen molar-refractivity contribution in [3.8, 4) is 0 Å². The molecular weight excluding hydrogens is 423 g/mol. The van der Waals surface area contributed by atoms with Crippen molar-refractivity contribution < 1.29 is 16.8 Å². The molecule has 0 spiro atoms. The molecule has 0 fully saturated rings. The number of hydrogen-bond donors (Lipinski definition) is 0. The molecule has 0 aliphatic heterocycles. The van der Waals surface area contributed by atoms with Crippen LogP contribution in [0.2, 0.25) is 0 Å². The number of rotatable bonds is 16. The van der Waals surface area contributed by atoms with Crippen molar-refractivity contribution in [2.24, 2.45) is 0 Å². The summed E-state index contributed by atoms with van der Waals surface area (Å²) in [6.45, 7) is 27.2. The summed E-state index contributed by atoms with van der Waals surface area (Å²) in [7, 11) is 0. The van der Waals surface area contributed by atoms with Crippen LogP contribution < -0.4 is 0 Å². The molecule has 3 heteroatoms. The molecule has 0 aliphatic carbocycles. The molecule has 0 bridgehead atoms. The Morgan fingerprint density at radius 1 is 0.387 bits per heavy atom. The average Bonchev–Trinajstić information content (AvgIpc) is 2.60. The van der Waals surface area contributed by atoms with Gasteiger partial charge >= 0.3 is 16.8 Å². The third-order valence-corrected chi connectivity index (χ3v) is 5.78. The molecule has 0 N–H and O–H groups in total. The second-order valence-electron chi connectivity index (χ2n) is 11.9. The molecule has 31 heavy (non-hydrogen) atoms. The van der Waals surface area contributed by atoms with Crippen LogP contribution in [0, 0.1) is 0 Å². The van der Waals surface area contributed by atoms with Gasteiger partial charge in [0.05, 0.1) is 0 Å². The molecule has 191 valence electrons. The van der Waals surface area contributed by atoms with Crippen LogP contribution in [-0.4, -0.2) is 22.2 Å². The van der Waals surface area contributed by atoms with Crippen LogP contribution in [0.15, 0.2) is 0 Å². The SMILES string of the molecule is CCCCC(C)(C)[N-]C(C)(C)CCCC.CCCCC(C)(C)[N-]C(C)(C)CCCC.[Co+2]. The topological polar surface area (TPSA) is 28.2 Å². The number of nitrogens with zero attached hydrogens (tertiary/aromatic N) is 2. The summed E-state index contributed by atoms with van der Waals surface area (Å²) in [4.78, 5) is 0. The summed E-state index contributed by atoms with van der Waals surface area (Å²) in [5, 5.41) is 10.0. The van der Waals surface area contributed by atoms with Crippen molar-refractivity contribution in [1.82, 2.24) is 0 Å². The van der Waals surface area contributed by atoms with E-state index in [2.05, 4.69) is 83.1 Å². The van der Waals surface area contributed by atoms with E-state index in [-0.39, 0.29) is 38.9 Å². The fourth-order valence-corrected chi connectivity index (χ4v) is 4.30. The van der Waals surface area contributed by atoms with Gasteiger partial charge < -0.3 is 10.6 Å². The monoisotopic (exact) mass is 483 g/mol. The molecule has 0 aromatic rings. The molecule has 0 heterocycles. The zero-order valence-electron chi connectivity index (χ0n) is 23.7. The molecule has 0 saturated carbocycles. The van der Waals surface area contributed by atoms with Gasteiger partial charge in [-0.25, -0.2) is 0 Å². The van der Waals surface area contributed by atoms with E-state index in [0.29, 0.717) is 0 Å². The van der Waals surface area contributed by atoms with Crippen LogP contribution in [0.4, 0.5) is 0 Å². The van der Waals surface area contributed by atoms with E-state index in [9.17, 15) is 0 Å². The quantitative estimate of drug-likeness (QED) is 0.209. The van der Waals surface area contributed by atoms with Crippen molar-refractivity contribution >= 4 is 0 Å². The maximum Gasteiger partial charge on any atom is 2.00 e. The normalized spacial score (nSPS) is 12.8. The second kappa shape index (κ2) is 17.8. The first kappa shape index (κ1) is 36.0. The van der Waals surface area contributed by atoms with Gasteiger partial charge in [-0.3, -0.25) is 0 Å². The maximum atomic E-state index is 5.02. The van der Waals surface area contributed by atoms with E-state index in [4.69, 9.17) is 10.6 Å². The third kappa shape index (κ3) is 23.4. The van der Waals surface area contributed by atoms with Gasteiger partial charge in [0.2, 0.25) is 0 Å². The van der Waals surface area contributed by atoms with Gasteiger partial charge in [0.1, 0.15) is 0 Å². The van der Waals surface area contributed by atoms with Gasteiger partial charge in [0.15, 0.2) is 0 Å². The van der Waals surface area contributed by atoms with Crippen LogP contribution in [0.1, 0.15) is 160 Å². The van der Waals surface area contributed by atoms with Gasteiger partial charge in [0, 0.05) is 0 Å². The Kier molecular flexibility index (Phi) is 20.7. The Morgan fingerprint density at radius 2 is 0.548 bits per heavy atom. The van der Waals surface area contributed by atoms with E-state index in [1.165, 1.54) is 77.0 Å². The Bertz CT molecular complexity index is 326. The molecule has 0 atom stereocenters. The van der Waals surface area contributed by atoms with Crippen molar-refractivity contribution in [2.45, 2.75) is 182 Å². The first-order valence-corrected chi connectivity index (χ1v) is 13.1. The molecule has 0 aromatic carbocycles. The Morgan fingerprint density at radius 3 is 0.677 bits per heavy atom. The van der Waals surface area contributed by atoms with Crippen molar-refractivity contribution in [3.63, 3.8) is 0 Å².